The van der Waals surface area contributed by atoms with Crippen molar-refractivity contribution in [2.45, 2.75) is 248 Å². The first-order chi connectivity index (χ1) is 62.4. The highest BCUT2D eigenvalue weighted by Gasteiger charge is 2.40. The van der Waals surface area contributed by atoms with Crippen molar-refractivity contribution >= 4 is 130 Å². The number of phenolic OH excluding ortho intramolecular Hbond substituents is 1. The maximum absolute atomic E-state index is 14.5. The van der Waals surface area contributed by atoms with E-state index in [0.29, 0.717) is 18.4 Å². The van der Waals surface area contributed by atoms with E-state index in [1.807, 2.05) is 10.6 Å². The van der Waals surface area contributed by atoms with Gasteiger partial charge in [0.15, 0.2) is 0 Å². The maximum Gasteiger partial charge on any atom is 0.326 e. The molecule has 18 atom stereocenters. The lowest BCUT2D eigenvalue weighted by Gasteiger charge is -2.29. The van der Waals surface area contributed by atoms with Crippen molar-refractivity contribution in [3.8, 4) is 5.75 Å². The Balaban J connectivity index is 2.37. The van der Waals surface area contributed by atoms with Gasteiger partial charge in [0.1, 0.15) is 96.4 Å². The number of carbonyl (C=O) groups is 22. The van der Waals surface area contributed by atoms with Crippen LogP contribution in [0.2, 0.25) is 0 Å². The number of nitrogens with one attached hydrogen (secondary N) is 17. The Labute approximate surface area is 762 Å². The number of unbranched alkanes of at least 4 members (excludes halogenated alkanes) is 1. The Hall–Kier alpha value is -13.7. The summed E-state index contributed by atoms with van der Waals surface area (Å²) in [4.78, 5) is 291. The zero-order valence-electron chi connectivity index (χ0n) is 74.4. The van der Waals surface area contributed by atoms with E-state index in [1.165, 1.54) is 64.1 Å². The molecular weight excluding hydrogens is 1760 g/mol. The van der Waals surface area contributed by atoms with Gasteiger partial charge in [0.2, 0.25) is 106 Å². The van der Waals surface area contributed by atoms with Crippen molar-refractivity contribution in [3.63, 3.8) is 0 Å². The van der Waals surface area contributed by atoms with Crippen LogP contribution in [0.25, 0.3) is 0 Å². The molecule has 0 saturated heterocycles. The molecule has 52 heteroatoms. The molecule has 0 heterocycles. The van der Waals surface area contributed by atoms with Crippen LogP contribution in [0.5, 0.6) is 5.75 Å². The second-order valence-corrected chi connectivity index (χ2v) is 31.7. The molecule has 2 rings (SSSR count). The van der Waals surface area contributed by atoms with Gasteiger partial charge < -0.3 is 159 Å². The van der Waals surface area contributed by atoms with Crippen LogP contribution < -0.4 is 108 Å². The fraction of sp³-hybridized carbons (Fsp3) is 0.580. The topological polar surface area (TPSA) is 860 Å². The van der Waals surface area contributed by atoms with E-state index in [9.17, 15) is 151 Å². The number of hydrogen-bond donors (Lipinski definition) is 30. The van der Waals surface area contributed by atoms with Crippen LogP contribution in [-0.4, -0.2) is 330 Å². The maximum atomic E-state index is 14.5. The number of carboxylic acid groups (broad SMARTS) is 4. The molecule has 0 bridgehead atoms. The third-order valence-corrected chi connectivity index (χ3v) is 19.6. The number of phenols is 1. The van der Waals surface area contributed by atoms with Crippen molar-refractivity contribution in [2.75, 3.05) is 39.5 Å². The molecule has 0 radical (unpaired) electrons. The van der Waals surface area contributed by atoms with Gasteiger partial charge in [-0.3, -0.25) is 101 Å². The highest BCUT2D eigenvalue weighted by Crippen LogP contribution is 2.16. The smallest absolute Gasteiger partial charge is 0.326 e. The summed E-state index contributed by atoms with van der Waals surface area (Å²) in [5, 5.41) is 139. The minimum atomic E-state index is -2.19. The molecule has 2 aromatic rings. The van der Waals surface area contributed by atoms with Gasteiger partial charge in [0, 0.05) is 32.1 Å². The quantitative estimate of drug-likeness (QED) is 0.0274. The van der Waals surface area contributed by atoms with Gasteiger partial charge in [-0.15, -0.1) is 0 Å². The number of aliphatic hydroxyl groups excluding tert-OH is 5. The highest BCUT2D eigenvalue weighted by atomic mass is 16.4. The zero-order valence-corrected chi connectivity index (χ0v) is 74.4. The average molecular weight is 1890 g/mol. The summed E-state index contributed by atoms with van der Waals surface area (Å²) in [6.45, 7) is 4.86. The fourth-order valence-electron chi connectivity index (χ4n) is 12.2. The van der Waals surface area contributed by atoms with E-state index < -0.39 is 329 Å². The predicted molar refractivity (Wildman–Crippen MR) is 460 cm³/mol. The number of primary amides is 1. The largest absolute Gasteiger partial charge is 0.508 e. The Morgan fingerprint density at radius 1 is 0.346 bits per heavy atom. The van der Waals surface area contributed by atoms with Crippen molar-refractivity contribution in [1.29, 1.82) is 0 Å². The van der Waals surface area contributed by atoms with Crippen molar-refractivity contribution < 1.29 is 157 Å². The molecule has 0 unspecified atom stereocenters. The summed E-state index contributed by atoms with van der Waals surface area (Å²) in [5.41, 5.74) is 17.0. The molecule has 2 aromatic carbocycles. The van der Waals surface area contributed by atoms with Gasteiger partial charge in [-0.2, -0.15) is 0 Å². The number of rotatable bonds is 62. The molecule has 0 spiro atoms. The van der Waals surface area contributed by atoms with Gasteiger partial charge >= 0.3 is 23.9 Å². The van der Waals surface area contributed by atoms with Crippen molar-refractivity contribution in [3.05, 3.63) is 65.7 Å². The van der Waals surface area contributed by atoms with Gasteiger partial charge in [0.05, 0.1) is 57.6 Å². The Kier molecular flexibility index (Phi) is 51.1. The van der Waals surface area contributed by atoms with Crippen LogP contribution in [0.4, 0.5) is 0 Å². The zero-order chi connectivity index (χ0) is 101. The van der Waals surface area contributed by atoms with Crippen molar-refractivity contribution in [1.82, 2.24) is 90.4 Å². The van der Waals surface area contributed by atoms with Crippen LogP contribution in [0.15, 0.2) is 54.6 Å². The van der Waals surface area contributed by atoms with E-state index in [4.69, 9.17) is 22.3 Å². The standard InChI is InChI=1S/C81H124N20O32/c1-37(2)28-50(71(122)90-47(23-26-61(113)114)69(120)86-32-58(109)89-48(22-24-57(84)108)70(121)88-39(5)66(117)87-40(6)67(118)91-49(81(132)133)16-12-13-27-82)92-72(123)51(30-44-17-19-45(107)20-18-44)93-75(126)54(34-102)96-77(128)56(36-104)97-78(129)63(38(3)4)100-74(125)53(31-62(115)116)94-76(127)55(35-103)98-80(131)65(42(8)106)101-73(124)52(29-43-14-10-9-11-15-43)95-79(130)64(41(7)105)99-59(110)33-85-68(119)46(83)21-25-60(111)112/h9-11,14-15,17-20,37-42,46-56,63-65,102-107H,12-13,16,21-36,82-83H2,1-8H3,(H2,84,108)(H,85,119)(H,86,120)(H,87,117)(H,88,121)(H,89,109)(H,90,122)(H,91,118)(H,92,123)(H,93,126)(H,94,127)(H,95,130)(H,96,128)(H,97,129)(H,98,131)(H,99,110)(H,100,125)(H,101,124)(H,111,112)(H,113,114)(H,115,116)(H,132,133)/t39-,40-,41+,42+,46-,47-,48-,49-,50-,51-,52-,53-,54-,55-,56-,63-,64-,65-/m0/s1. The van der Waals surface area contributed by atoms with E-state index in [0.717, 1.165) is 13.8 Å². The number of hydrogen-bond acceptors (Lipinski definition) is 30. The molecule has 33 N–H and O–H groups in total. The molecule has 0 fully saturated rings. The average Bonchev–Trinajstić information content (AvgIpc) is 0.844. The number of benzene rings is 2. The summed E-state index contributed by atoms with van der Waals surface area (Å²) >= 11 is 0. The minimum absolute atomic E-state index is 0.0313. The highest BCUT2D eigenvalue weighted by molar-refractivity contribution is 6.02. The number of aliphatic hydroxyl groups is 5. The molecule has 0 aliphatic carbocycles. The lowest BCUT2D eigenvalue weighted by Crippen LogP contribution is -2.63. The van der Waals surface area contributed by atoms with E-state index in [-0.39, 0.29) is 43.5 Å². The molecule has 52 nitrogen and oxygen atoms in total. The minimum Gasteiger partial charge on any atom is -0.508 e. The number of aliphatic carboxylic acids is 4. The molecule has 0 aliphatic heterocycles. The predicted octanol–water partition coefficient (Wildman–Crippen LogP) is -11.8. The lowest BCUT2D eigenvalue weighted by atomic mass is 10.00. The number of carboxylic acids is 4. The number of carbonyl (C=O) groups excluding carboxylic acids is 18. The number of amides is 18. The van der Waals surface area contributed by atoms with Gasteiger partial charge in [-0.05, 0) is 114 Å². The van der Waals surface area contributed by atoms with E-state index >= 15 is 0 Å². The lowest BCUT2D eigenvalue weighted by molar-refractivity contribution is -0.142. The Morgan fingerprint density at radius 3 is 1.19 bits per heavy atom. The van der Waals surface area contributed by atoms with Crippen LogP contribution in [0.3, 0.4) is 0 Å². The van der Waals surface area contributed by atoms with Gasteiger partial charge in [-0.1, -0.05) is 70.2 Å². The van der Waals surface area contributed by atoms with Crippen LogP contribution in [0.1, 0.15) is 137 Å². The Morgan fingerprint density at radius 2 is 0.714 bits per heavy atom. The molecule has 0 aliphatic rings. The number of aromatic hydroxyl groups is 1. The summed E-state index contributed by atoms with van der Waals surface area (Å²) in [6.07, 6.45) is -8.32. The third kappa shape index (κ3) is 43.3. The number of nitrogens with two attached hydrogens (primary N) is 3. The molecule has 133 heavy (non-hydrogen) atoms. The van der Waals surface area contributed by atoms with Gasteiger partial charge in [0.25, 0.3) is 0 Å². The van der Waals surface area contributed by atoms with Crippen molar-refractivity contribution in [2.24, 2.45) is 29.0 Å². The summed E-state index contributed by atoms with van der Waals surface area (Å²) in [5.74, 6) is -29.0. The molecule has 740 valence electrons. The first kappa shape index (κ1) is 115. The van der Waals surface area contributed by atoms with Crippen LogP contribution >= 0.6 is 0 Å². The van der Waals surface area contributed by atoms with Gasteiger partial charge in [-0.25, -0.2) is 4.79 Å². The second-order valence-electron chi connectivity index (χ2n) is 31.7. The Bertz CT molecular complexity index is 4350. The first-order valence-electron chi connectivity index (χ1n) is 42.1. The normalized spacial score (nSPS) is 15.1. The molecule has 0 aromatic heterocycles. The first-order valence-corrected chi connectivity index (χ1v) is 42.1. The SMILES string of the molecule is CC(C)C[C@H](NC(=O)[C@H](Cc1ccc(O)cc1)NC(=O)[C@H](CO)NC(=O)[C@H](CO)NC(=O)[C@@H](NC(=O)[C@H](CC(=O)O)NC(=O)[C@H](CO)NC(=O)[C@@H](NC(=O)[C@H](Cc1ccccc1)NC(=O)[C@@H](NC(=O)CNC(=O)[C@@H](N)CCC(=O)O)[C@@H](C)O)[C@@H](C)O)C(C)C)C(=O)N[C@@H](CCC(=O)O)C(=O)NCC(=O)N[C@@H](CCC(N)=O)C(=O)N[C@@H](C)C(=O)N[C@@H](C)C(=O)N[C@@H](CCCCN)C(=O)O. The summed E-state index contributed by atoms with van der Waals surface area (Å²) < 4.78 is 0. The van der Waals surface area contributed by atoms with E-state index in [1.54, 1.807) is 32.0 Å². The van der Waals surface area contributed by atoms with E-state index in [2.05, 4.69) is 79.8 Å². The summed E-state index contributed by atoms with van der Waals surface area (Å²) in [7, 11) is 0. The van der Waals surface area contributed by atoms with Crippen LogP contribution in [-0.2, 0) is 118 Å². The second kappa shape index (κ2) is 58.9. The third-order valence-electron chi connectivity index (χ3n) is 19.6. The van der Waals surface area contributed by atoms with Crippen LogP contribution in [0, 0.1) is 11.8 Å². The molecule has 18 amide bonds. The summed E-state index contributed by atoms with van der Waals surface area (Å²) in [6, 6.07) is -15.6. The fourth-order valence-corrected chi connectivity index (χ4v) is 12.2. The monoisotopic (exact) mass is 1890 g/mol. The molecule has 0 saturated carbocycles. The molecular formula is C81H124N20O32.